The minimum atomic E-state index is -1.02. The molecule has 1 aromatic heterocycles. The molecule has 3 rings (SSSR count). The molecule has 7 heteroatoms. The van der Waals surface area contributed by atoms with Crippen molar-refractivity contribution in [1.29, 1.82) is 0 Å². The van der Waals surface area contributed by atoms with E-state index in [0.29, 0.717) is 11.6 Å². The molecule has 0 aliphatic rings. The number of rotatable bonds is 5. The maximum Gasteiger partial charge on any atom is 0.320 e. The predicted octanol–water partition coefficient (Wildman–Crippen LogP) is 1.55. The third-order valence-electron chi connectivity index (χ3n) is 3.50. The van der Waals surface area contributed by atoms with Crippen molar-refractivity contribution < 1.29 is 9.90 Å². The van der Waals surface area contributed by atoms with Gasteiger partial charge in [-0.15, -0.1) is 20.4 Å². The summed E-state index contributed by atoms with van der Waals surface area (Å²) in [5.74, 6) is -0.153. The zero-order valence-electron chi connectivity index (χ0n) is 12.7. The normalized spacial score (nSPS) is 11.9. The van der Waals surface area contributed by atoms with Crippen molar-refractivity contribution in [3.05, 3.63) is 60.2 Å². The second-order valence-electron chi connectivity index (χ2n) is 5.26. The highest BCUT2D eigenvalue weighted by atomic mass is 16.4. The largest absolute Gasteiger partial charge is 0.480 e. The van der Waals surface area contributed by atoms with Gasteiger partial charge in [0, 0.05) is 11.1 Å². The first kappa shape index (κ1) is 15.7. The fourth-order valence-electron chi connectivity index (χ4n) is 2.18. The summed E-state index contributed by atoms with van der Waals surface area (Å²) in [4.78, 5) is 10.8. The van der Waals surface area contributed by atoms with E-state index in [2.05, 4.69) is 20.4 Å². The molecule has 0 aliphatic heterocycles. The summed E-state index contributed by atoms with van der Waals surface area (Å²) in [5.41, 5.74) is 7.96. The number of carbonyl (C=O) groups is 1. The topological polar surface area (TPSA) is 115 Å². The molecular formula is C17H15N5O2. The molecule has 0 fully saturated rings. The van der Waals surface area contributed by atoms with Crippen LogP contribution in [-0.4, -0.2) is 37.5 Å². The maximum atomic E-state index is 10.8. The molecule has 2 aromatic carbocycles. The summed E-state index contributed by atoms with van der Waals surface area (Å²) in [6.07, 6.45) is 0.264. The molecule has 0 saturated carbocycles. The third kappa shape index (κ3) is 3.58. The zero-order chi connectivity index (χ0) is 16.9. The van der Waals surface area contributed by atoms with E-state index >= 15 is 0 Å². The molecule has 0 aliphatic carbocycles. The minimum Gasteiger partial charge on any atom is -0.480 e. The Hall–Kier alpha value is -3.19. The van der Waals surface area contributed by atoms with Crippen LogP contribution in [0.1, 0.15) is 5.56 Å². The van der Waals surface area contributed by atoms with E-state index in [1.165, 1.54) is 0 Å². The summed E-state index contributed by atoms with van der Waals surface area (Å²) in [5, 5.41) is 25.2. The number of carboxylic acid groups (broad SMARTS) is 1. The lowest BCUT2D eigenvalue weighted by molar-refractivity contribution is -0.138. The lowest BCUT2D eigenvalue weighted by Gasteiger charge is -2.07. The minimum absolute atomic E-state index is 0.264. The zero-order valence-corrected chi connectivity index (χ0v) is 12.7. The van der Waals surface area contributed by atoms with E-state index in [1.54, 1.807) is 24.3 Å². The number of benzene rings is 2. The Labute approximate surface area is 138 Å². The summed E-state index contributed by atoms with van der Waals surface area (Å²) in [6, 6.07) is 15.8. The van der Waals surface area contributed by atoms with Gasteiger partial charge in [0.05, 0.1) is 0 Å². The standard InChI is InChI=1S/C17H15N5O2/c18-14(17(23)24)10-11-6-8-13(9-7-11)16-21-19-15(20-22-16)12-4-2-1-3-5-12/h1-9,14H,10,18H2,(H,23,24). The molecule has 0 radical (unpaired) electrons. The van der Waals surface area contributed by atoms with Crippen molar-refractivity contribution in [1.82, 2.24) is 20.4 Å². The van der Waals surface area contributed by atoms with Crippen molar-refractivity contribution in [3.8, 4) is 22.8 Å². The third-order valence-corrected chi connectivity index (χ3v) is 3.50. The number of nitrogens with zero attached hydrogens (tertiary/aromatic N) is 4. The molecule has 3 aromatic rings. The lowest BCUT2D eigenvalue weighted by atomic mass is 10.0. The average Bonchev–Trinajstić information content (AvgIpc) is 2.63. The van der Waals surface area contributed by atoms with Gasteiger partial charge in [0.2, 0.25) is 11.6 Å². The summed E-state index contributed by atoms with van der Waals surface area (Å²) in [7, 11) is 0. The first-order valence-corrected chi connectivity index (χ1v) is 7.34. The molecular weight excluding hydrogens is 306 g/mol. The first-order chi connectivity index (χ1) is 11.6. The van der Waals surface area contributed by atoms with Crippen LogP contribution in [-0.2, 0) is 11.2 Å². The van der Waals surface area contributed by atoms with Crippen LogP contribution in [0, 0.1) is 0 Å². The van der Waals surface area contributed by atoms with Gasteiger partial charge in [-0.3, -0.25) is 4.79 Å². The van der Waals surface area contributed by atoms with Gasteiger partial charge in [0.25, 0.3) is 0 Å². The maximum absolute atomic E-state index is 10.8. The van der Waals surface area contributed by atoms with Crippen LogP contribution in [0.25, 0.3) is 22.8 Å². The van der Waals surface area contributed by atoms with Crippen molar-refractivity contribution in [2.75, 3.05) is 0 Å². The Kier molecular flexibility index (Phi) is 4.53. The van der Waals surface area contributed by atoms with Crippen molar-refractivity contribution in [2.24, 2.45) is 5.73 Å². The molecule has 1 heterocycles. The van der Waals surface area contributed by atoms with Gasteiger partial charge in [0.15, 0.2) is 0 Å². The van der Waals surface area contributed by atoms with Crippen LogP contribution in [0.15, 0.2) is 54.6 Å². The van der Waals surface area contributed by atoms with Gasteiger partial charge in [0.1, 0.15) is 6.04 Å². The van der Waals surface area contributed by atoms with Crippen molar-refractivity contribution in [3.63, 3.8) is 0 Å². The van der Waals surface area contributed by atoms with E-state index in [4.69, 9.17) is 10.8 Å². The number of hydrogen-bond donors (Lipinski definition) is 2. The number of carboxylic acids is 1. The van der Waals surface area contributed by atoms with Gasteiger partial charge in [-0.2, -0.15) is 0 Å². The van der Waals surface area contributed by atoms with Gasteiger partial charge in [-0.1, -0.05) is 54.6 Å². The Bertz CT molecular complexity index is 820. The second-order valence-corrected chi connectivity index (χ2v) is 5.26. The Morgan fingerprint density at radius 1 is 0.875 bits per heavy atom. The Balaban J connectivity index is 1.76. The average molecular weight is 321 g/mol. The highest BCUT2D eigenvalue weighted by Crippen LogP contribution is 2.17. The number of aliphatic carboxylic acids is 1. The second kappa shape index (κ2) is 6.93. The molecule has 0 bridgehead atoms. The van der Waals surface area contributed by atoms with Crippen molar-refractivity contribution in [2.45, 2.75) is 12.5 Å². The van der Waals surface area contributed by atoms with Crippen LogP contribution in [0.3, 0.4) is 0 Å². The quantitative estimate of drug-likeness (QED) is 0.732. The van der Waals surface area contributed by atoms with Crippen LogP contribution in [0.2, 0.25) is 0 Å². The molecule has 3 N–H and O–H groups in total. The van der Waals surface area contributed by atoms with Crippen molar-refractivity contribution >= 4 is 5.97 Å². The highest BCUT2D eigenvalue weighted by molar-refractivity contribution is 5.73. The molecule has 0 spiro atoms. The van der Waals surface area contributed by atoms with Crippen LogP contribution < -0.4 is 5.73 Å². The molecule has 120 valence electrons. The highest BCUT2D eigenvalue weighted by Gasteiger charge is 2.12. The summed E-state index contributed by atoms with van der Waals surface area (Å²) in [6.45, 7) is 0. The monoisotopic (exact) mass is 321 g/mol. The number of nitrogens with two attached hydrogens (primary N) is 1. The molecule has 7 nitrogen and oxygen atoms in total. The van der Waals surface area contributed by atoms with Crippen LogP contribution in [0.4, 0.5) is 0 Å². The fraction of sp³-hybridized carbons (Fsp3) is 0.118. The van der Waals surface area contributed by atoms with E-state index in [-0.39, 0.29) is 6.42 Å². The van der Waals surface area contributed by atoms with E-state index in [1.807, 2.05) is 30.3 Å². The van der Waals surface area contributed by atoms with Gasteiger partial charge in [-0.25, -0.2) is 0 Å². The molecule has 0 saturated heterocycles. The van der Waals surface area contributed by atoms with Gasteiger partial charge in [-0.05, 0) is 12.0 Å². The smallest absolute Gasteiger partial charge is 0.320 e. The first-order valence-electron chi connectivity index (χ1n) is 7.34. The number of hydrogen-bond acceptors (Lipinski definition) is 6. The number of aromatic nitrogens is 4. The van der Waals surface area contributed by atoms with Crippen LogP contribution in [0.5, 0.6) is 0 Å². The Morgan fingerprint density at radius 2 is 1.38 bits per heavy atom. The molecule has 1 unspecified atom stereocenters. The van der Waals surface area contributed by atoms with E-state index in [0.717, 1.165) is 16.7 Å². The van der Waals surface area contributed by atoms with E-state index in [9.17, 15) is 4.79 Å². The molecule has 0 amide bonds. The fourth-order valence-corrected chi connectivity index (χ4v) is 2.18. The SMILES string of the molecule is NC(Cc1ccc(-c2nnc(-c3ccccc3)nn2)cc1)C(=O)O. The summed E-state index contributed by atoms with van der Waals surface area (Å²) >= 11 is 0. The summed E-state index contributed by atoms with van der Waals surface area (Å²) < 4.78 is 0. The van der Waals surface area contributed by atoms with Gasteiger partial charge < -0.3 is 10.8 Å². The van der Waals surface area contributed by atoms with Crippen LogP contribution >= 0.6 is 0 Å². The van der Waals surface area contributed by atoms with Gasteiger partial charge >= 0.3 is 5.97 Å². The lowest BCUT2D eigenvalue weighted by Crippen LogP contribution is -2.32. The Morgan fingerprint density at radius 3 is 1.88 bits per heavy atom. The molecule has 1 atom stereocenters. The van der Waals surface area contributed by atoms with E-state index < -0.39 is 12.0 Å². The predicted molar refractivity (Wildman–Crippen MR) is 87.8 cm³/mol. The molecule has 24 heavy (non-hydrogen) atoms.